The van der Waals surface area contributed by atoms with Crippen LogP contribution in [0.2, 0.25) is 0 Å². The summed E-state index contributed by atoms with van der Waals surface area (Å²) in [6.07, 6.45) is 1.39. The Labute approximate surface area is 102 Å². The largest absolute Gasteiger partial charge is 0.468 e. The van der Waals surface area contributed by atoms with Crippen molar-refractivity contribution in [3.63, 3.8) is 0 Å². The van der Waals surface area contributed by atoms with Crippen molar-refractivity contribution < 1.29 is 22.7 Å². The molecule has 1 unspecified atom stereocenters. The smallest absolute Gasteiger partial charge is 0.326 e. The molecule has 0 saturated carbocycles. The average molecular weight is 265 g/mol. The highest BCUT2D eigenvalue weighted by Crippen LogP contribution is 2.15. The Balaban J connectivity index is 2.80. The highest BCUT2D eigenvalue weighted by atomic mass is 32.2. The number of carbonyl (C=O) groups excluding carboxylic acids is 1. The van der Waals surface area contributed by atoms with E-state index >= 15 is 0 Å². The minimum atomic E-state index is -3.40. The van der Waals surface area contributed by atoms with Crippen molar-refractivity contribution in [1.82, 2.24) is 4.31 Å². The molecule has 0 amide bonds. The number of hydrogen-bond donors (Lipinski definition) is 0. The fourth-order valence-corrected chi connectivity index (χ4v) is 3.46. The maximum Gasteiger partial charge on any atom is 0.326 e. The maximum atomic E-state index is 12.0. The summed E-state index contributed by atoms with van der Waals surface area (Å²) < 4.78 is 35.0. The van der Waals surface area contributed by atoms with Gasteiger partial charge in [0.25, 0.3) is 0 Å². The van der Waals surface area contributed by atoms with Crippen molar-refractivity contribution in [3.05, 3.63) is 0 Å². The molecular formula is C10H19NO5S. The van der Waals surface area contributed by atoms with Crippen molar-refractivity contribution in [2.45, 2.75) is 25.8 Å². The number of sulfonamides is 1. The highest BCUT2D eigenvalue weighted by Gasteiger charge is 2.37. The summed E-state index contributed by atoms with van der Waals surface area (Å²) >= 11 is 0. The van der Waals surface area contributed by atoms with Gasteiger partial charge in [0.1, 0.15) is 6.04 Å². The van der Waals surface area contributed by atoms with Crippen molar-refractivity contribution in [3.8, 4) is 0 Å². The molecule has 0 N–H and O–H groups in total. The van der Waals surface area contributed by atoms with E-state index in [0.29, 0.717) is 13.0 Å². The summed E-state index contributed by atoms with van der Waals surface area (Å²) in [6.45, 7) is 2.52. The summed E-state index contributed by atoms with van der Waals surface area (Å²) in [5.74, 6) is -0.499. The van der Waals surface area contributed by atoms with E-state index in [1.807, 2.05) is 6.92 Å². The molecule has 1 aliphatic rings. The Morgan fingerprint density at radius 3 is 2.82 bits per heavy atom. The fourth-order valence-electron chi connectivity index (χ4n) is 1.69. The minimum Gasteiger partial charge on any atom is -0.468 e. The second-order valence-electron chi connectivity index (χ2n) is 3.89. The van der Waals surface area contributed by atoms with E-state index in [9.17, 15) is 13.2 Å². The summed E-state index contributed by atoms with van der Waals surface area (Å²) in [5, 5.41) is 0. The number of nitrogens with zero attached hydrogens (tertiary/aromatic N) is 1. The van der Waals surface area contributed by atoms with E-state index < -0.39 is 22.0 Å². The predicted molar refractivity (Wildman–Crippen MR) is 62.0 cm³/mol. The van der Waals surface area contributed by atoms with Crippen molar-refractivity contribution in [2.24, 2.45) is 0 Å². The van der Waals surface area contributed by atoms with E-state index in [2.05, 4.69) is 4.74 Å². The molecule has 0 aromatic rings. The van der Waals surface area contributed by atoms with Crippen molar-refractivity contribution in [1.29, 1.82) is 0 Å². The quantitative estimate of drug-likeness (QED) is 0.654. The van der Waals surface area contributed by atoms with E-state index in [-0.39, 0.29) is 18.9 Å². The van der Waals surface area contributed by atoms with Gasteiger partial charge in [0.15, 0.2) is 0 Å². The molecule has 0 aromatic carbocycles. The van der Waals surface area contributed by atoms with Crippen LogP contribution in [0.25, 0.3) is 0 Å². The number of esters is 1. The van der Waals surface area contributed by atoms with E-state index in [1.165, 1.54) is 11.4 Å². The summed E-state index contributed by atoms with van der Waals surface area (Å²) in [6, 6.07) is -0.837. The van der Waals surface area contributed by atoms with Gasteiger partial charge in [-0.3, -0.25) is 4.79 Å². The normalized spacial score (nSPS) is 22.4. The van der Waals surface area contributed by atoms with Gasteiger partial charge in [-0.05, 0) is 6.42 Å². The van der Waals surface area contributed by atoms with Gasteiger partial charge in [0, 0.05) is 6.54 Å². The molecule has 0 radical (unpaired) electrons. The molecule has 0 bridgehead atoms. The molecule has 17 heavy (non-hydrogen) atoms. The summed E-state index contributed by atoms with van der Waals surface area (Å²) in [5.41, 5.74) is 0. The first-order valence-corrected chi connectivity index (χ1v) is 7.29. The summed E-state index contributed by atoms with van der Waals surface area (Å²) in [4.78, 5) is 11.5. The SMILES string of the molecule is CCCCS(=O)(=O)N1CCOCC1C(=O)OC. The molecule has 1 aliphatic heterocycles. The number of unbranched alkanes of at least 4 members (excludes halogenated alkanes) is 1. The van der Waals surface area contributed by atoms with Crippen LogP contribution in [0.5, 0.6) is 0 Å². The van der Waals surface area contributed by atoms with Gasteiger partial charge in [-0.2, -0.15) is 4.31 Å². The predicted octanol–water partition coefficient (Wildman–Crippen LogP) is -0.00990. The zero-order chi connectivity index (χ0) is 12.9. The second kappa shape index (κ2) is 6.32. The zero-order valence-corrected chi connectivity index (χ0v) is 11.0. The highest BCUT2D eigenvalue weighted by molar-refractivity contribution is 7.89. The number of methoxy groups -OCH3 is 1. The van der Waals surface area contributed by atoms with E-state index in [0.717, 1.165) is 6.42 Å². The first kappa shape index (κ1) is 14.4. The molecule has 7 heteroatoms. The molecular weight excluding hydrogens is 246 g/mol. The topological polar surface area (TPSA) is 72.9 Å². The van der Waals surface area contributed by atoms with Gasteiger partial charge in [0.05, 0.1) is 26.1 Å². The van der Waals surface area contributed by atoms with Gasteiger partial charge in [-0.1, -0.05) is 13.3 Å². The van der Waals surface area contributed by atoms with Gasteiger partial charge < -0.3 is 9.47 Å². The van der Waals surface area contributed by atoms with Crippen molar-refractivity contribution in [2.75, 3.05) is 32.6 Å². The Morgan fingerprint density at radius 1 is 1.53 bits per heavy atom. The molecule has 1 atom stereocenters. The van der Waals surface area contributed by atoms with Crippen LogP contribution in [0.3, 0.4) is 0 Å². The number of rotatable bonds is 5. The number of morpholine rings is 1. The Bertz CT molecular complexity index is 354. The van der Waals surface area contributed by atoms with Crippen LogP contribution in [-0.2, 0) is 24.3 Å². The Kier molecular flexibility index (Phi) is 5.35. The monoisotopic (exact) mass is 265 g/mol. The first-order chi connectivity index (χ1) is 8.03. The number of hydrogen-bond acceptors (Lipinski definition) is 5. The minimum absolute atomic E-state index is 0.0665. The van der Waals surface area contributed by atoms with Crippen LogP contribution in [-0.4, -0.2) is 57.4 Å². The lowest BCUT2D eigenvalue weighted by Gasteiger charge is -2.32. The molecule has 1 rings (SSSR count). The van der Waals surface area contributed by atoms with E-state index in [4.69, 9.17) is 4.74 Å². The van der Waals surface area contributed by atoms with E-state index in [1.54, 1.807) is 0 Å². The van der Waals surface area contributed by atoms with Crippen LogP contribution in [0.15, 0.2) is 0 Å². The number of carbonyl (C=O) groups is 1. The molecule has 0 aromatic heterocycles. The first-order valence-electron chi connectivity index (χ1n) is 5.68. The third kappa shape index (κ3) is 3.65. The van der Waals surface area contributed by atoms with Crippen molar-refractivity contribution >= 4 is 16.0 Å². The van der Waals surface area contributed by atoms with Gasteiger partial charge >= 0.3 is 5.97 Å². The zero-order valence-electron chi connectivity index (χ0n) is 10.2. The standard InChI is InChI=1S/C10H19NO5S/c1-3-4-7-17(13,14)11-5-6-16-8-9(11)10(12)15-2/h9H,3-8H2,1-2H3. The molecule has 1 saturated heterocycles. The lowest BCUT2D eigenvalue weighted by molar-refractivity contribution is -0.149. The van der Waals surface area contributed by atoms with Crippen LogP contribution >= 0.6 is 0 Å². The average Bonchev–Trinajstić information content (AvgIpc) is 2.35. The fraction of sp³-hybridized carbons (Fsp3) is 0.900. The van der Waals surface area contributed by atoms with Crippen LogP contribution in [0, 0.1) is 0 Å². The molecule has 100 valence electrons. The second-order valence-corrected chi connectivity index (χ2v) is 5.94. The van der Waals surface area contributed by atoms with Gasteiger partial charge in [0.2, 0.25) is 10.0 Å². The molecule has 6 nitrogen and oxygen atoms in total. The lowest BCUT2D eigenvalue weighted by atomic mass is 10.3. The molecule has 1 heterocycles. The molecule has 0 spiro atoms. The Hall–Kier alpha value is -0.660. The summed E-state index contributed by atoms with van der Waals surface area (Å²) in [7, 11) is -2.15. The lowest BCUT2D eigenvalue weighted by Crippen LogP contribution is -2.53. The van der Waals surface area contributed by atoms with Crippen LogP contribution in [0.1, 0.15) is 19.8 Å². The van der Waals surface area contributed by atoms with Crippen LogP contribution < -0.4 is 0 Å². The van der Waals surface area contributed by atoms with Crippen LogP contribution in [0.4, 0.5) is 0 Å². The molecule has 1 fully saturated rings. The van der Waals surface area contributed by atoms with Gasteiger partial charge in [-0.25, -0.2) is 8.42 Å². The third-order valence-electron chi connectivity index (χ3n) is 2.67. The van der Waals surface area contributed by atoms with Gasteiger partial charge in [-0.15, -0.1) is 0 Å². The number of ether oxygens (including phenoxy) is 2. The third-order valence-corrected chi connectivity index (χ3v) is 4.62. The Morgan fingerprint density at radius 2 is 2.24 bits per heavy atom. The maximum absolute atomic E-state index is 12.0. The molecule has 0 aliphatic carbocycles.